The highest BCUT2D eigenvalue weighted by molar-refractivity contribution is 5.78. The number of fused-ring (bicyclic) bond motifs is 1. The number of rotatable bonds is 5. The van der Waals surface area contributed by atoms with E-state index in [1.807, 2.05) is 18.2 Å². The van der Waals surface area contributed by atoms with Crippen LogP contribution in [0.15, 0.2) is 18.2 Å². The Balaban J connectivity index is 2.13. The summed E-state index contributed by atoms with van der Waals surface area (Å²) in [7, 11) is 0. The maximum Gasteiger partial charge on any atom is 0.121 e. The fourth-order valence-electron chi connectivity index (χ4n) is 1.92. The number of hydrogen-bond acceptors (Lipinski definition) is 4. The summed E-state index contributed by atoms with van der Waals surface area (Å²) in [5, 5.41) is 8.61. The number of nitrogens with one attached hydrogen (secondary N) is 1. The molecule has 0 aliphatic heterocycles. The van der Waals surface area contributed by atoms with Crippen molar-refractivity contribution in [2.75, 3.05) is 18.8 Å². The molecule has 2 rings (SSSR count). The molecule has 0 spiro atoms. The zero-order valence-electron chi connectivity index (χ0n) is 10.5. The van der Waals surface area contributed by atoms with E-state index in [4.69, 9.17) is 11.0 Å². The van der Waals surface area contributed by atoms with Crippen molar-refractivity contribution < 1.29 is 0 Å². The number of aromatic amines is 1. The molecule has 5 heteroatoms. The fraction of sp³-hybridized carbons (Fsp3) is 0.385. The largest absolute Gasteiger partial charge is 0.399 e. The molecule has 0 amide bonds. The first-order valence-corrected chi connectivity index (χ1v) is 6.06. The molecular formula is C13H17N5. The van der Waals surface area contributed by atoms with Crippen LogP contribution in [0, 0.1) is 11.3 Å². The van der Waals surface area contributed by atoms with Crippen LogP contribution >= 0.6 is 0 Å². The maximum absolute atomic E-state index is 8.61. The van der Waals surface area contributed by atoms with Gasteiger partial charge in [0.25, 0.3) is 0 Å². The number of nitrogen functional groups attached to an aromatic ring is 1. The molecule has 0 unspecified atom stereocenters. The van der Waals surface area contributed by atoms with Gasteiger partial charge in [0.05, 0.1) is 23.6 Å². The highest BCUT2D eigenvalue weighted by Crippen LogP contribution is 2.15. The number of nitrogens with zero attached hydrogens (tertiary/aromatic N) is 3. The Hall–Kier alpha value is -2.06. The van der Waals surface area contributed by atoms with Gasteiger partial charge in [-0.15, -0.1) is 0 Å². The number of imidazole rings is 1. The third kappa shape index (κ3) is 2.79. The normalized spacial score (nSPS) is 10.9. The summed E-state index contributed by atoms with van der Waals surface area (Å²) in [6.45, 7) is 4.48. The lowest BCUT2D eigenvalue weighted by atomic mass is 10.3. The fourth-order valence-corrected chi connectivity index (χ4v) is 1.92. The van der Waals surface area contributed by atoms with E-state index in [2.05, 4.69) is 27.9 Å². The zero-order valence-corrected chi connectivity index (χ0v) is 10.5. The Morgan fingerprint density at radius 2 is 2.33 bits per heavy atom. The van der Waals surface area contributed by atoms with Crippen LogP contribution in [0.5, 0.6) is 0 Å². The van der Waals surface area contributed by atoms with Gasteiger partial charge in [0.15, 0.2) is 0 Å². The van der Waals surface area contributed by atoms with Crippen molar-refractivity contribution in [3.63, 3.8) is 0 Å². The summed E-state index contributed by atoms with van der Waals surface area (Å²) < 4.78 is 0. The smallest absolute Gasteiger partial charge is 0.121 e. The SMILES string of the molecule is CCN(CCC#N)Cc1nc2ccc(N)cc2[nH]1. The Kier molecular flexibility index (Phi) is 3.80. The molecule has 18 heavy (non-hydrogen) atoms. The van der Waals surface area contributed by atoms with Gasteiger partial charge < -0.3 is 10.7 Å². The van der Waals surface area contributed by atoms with Gasteiger partial charge in [0, 0.05) is 18.7 Å². The molecular weight excluding hydrogens is 226 g/mol. The van der Waals surface area contributed by atoms with Crippen molar-refractivity contribution >= 4 is 16.7 Å². The average molecular weight is 243 g/mol. The molecule has 0 saturated heterocycles. The number of hydrogen-bond donors (Lipinski definition) is 2. The number of H-pyrrole nitrogens is 1. The first-order chi connectivity index (χ1) is 8.72. The Bertz CT molecular complexity index is 566. The van der Waals surface area contributed by atoms with E-state index < -0.39 is 0 Å². The van der Waals surface area contributed by atoms with E-state index in [1.165, 1.54) is 0 Å². The Morgan fingerprint density at radius 3 is 3.06 bits per heavy atom. The molecule has 0 aliphatic carbocycles. The topological polar surface area (TPSA) is 81.7 Å². The van der Waals surface area contributed by atoms with E-state index in [-0.39, 0.29) is 0 Å². The van der Waals surface area contributed by atoms with Crippen molar-refractivity contribution in [1.82, 2.24) is 14.9 Å². The minimum Gasteiger partial charge on any atom is -0.399 e. The van der Waals surface area contributed by atoms with E-state index in [0.29, 0.717) is 6.42 Å². The van der Waals surface area contributed by atoms with Crippen LogP contribution in [0.2, 0.25) is 0 Å². The molecule has 3 N–H and O–H groups in total. The first-order valence-electron chi connectivity index (χ1n) is 6.06. The van der Waals surface area contributed by atoms with Gasteiger partial charge in [-0.05, 0) is 24.7 Å². The molecule has 0 radical (unpaired) electrons. The first kappa shape index (κ1) is 12.4. The minimum absolute atomic E-state index is 0.543. The third-order valence-electron chi connectivity index (χ3n) is 2.92. The van der Waals surface area contributed by atoms with E-state index in [9.17, 15) is 0 Å². The lowest BCUT2D eigenvalue weighted by molar-refractivity contribution is 0.280. The van der Waals surface area contributed by atoms with Gasteiger partial charge in [0.2, 0.25) is 0 Å². The van der Waals surface area contributed by atoms with Crippen LogP contribution < -0.4 is 5.73 Å². The van der Waals surface area contributed by atoms with Crippen LogP contribution in [0.4, 0.5) is 5.69 Å². The molecule has 1 aromatic heterocycles. The highest BCUT2D eigenvalue weighted by atomic mass is 15.1. The number of nitrogens with two attached hydrogens (primary N) is 1. The lowest BCUT2D eigenvalue weighted by Gasteiger charge is -2.16. The van der Waals surface area contributed by atoms with Crippen LogP contribution in [0.3, 0.4) is 0 Å². The van der Waals surface area contributed by atoms with Crippen molar-refractivity contribution in [3.8, 4) is 6.07 Å². The standard InChI is InChI=1S/C13H17N5/c1-2-18(7-3-6-14)9-13-16-11-5-4-10(15)8-12(11)17-13/h4-5,8H,2-3,7,9,15H2,1H3,(H,16,17). The summed E-state index contributed by atoms with van der Waals surface area (Å²) in [5.74, 6) is 0.912. The summed E-state index contributed by atoms with van der Waals surface area (Å²) in [4.78, 5) is 9.96. The summed E-state index contributed by atoms with van der Waals surface area (Å²) >= 11 is 0. The monoisotopic (exact) mass is 243 g/mol. The summed E-state index contributed by atoms with van der Waals surface area (Å²) in [6.07, 6.45) is 0.543. The minimum atomic E-state index is 0.543. The van der Waals surface area contributed by atoms with Gasteiger partial charge in [-0.3, -0.25) is 4.90 Å². The molecule has 5 nitrogen and oxygen atoms in total. The van der Waals surface area contributed by atoms with Gasteiger partial charge in [-0.1, -0.05) is 6.92 Å². The average Bonchev–Trinajstić information content (AvgIpc) is 2.75. The molecule has 0 aliphatic rings. The number of nitriles is 1. The predicted molar refractivity (Wildman–Crippen MR) is 71.7 cm³/mol. The molecule has 2 aromatic rings. The van der Waals surface area contributed by atoms with E-state index in [1.54, 1.807) is 0 Å². The van der Waals surface area contributed by atoms with Crippen molar-refractivity contribution in [2.45, 2.75) is 19.9 Å². The Labute approximate surface area is 106 Å². The van der Waals surface area contributed by atoms with Crippen LogP contribution in [-0.4, -0.2) is 28.0 Å². The predicted octanol–water partition coefficient (Wildman–Crippen LogP) is 1.88. The molecule has 0 bridgehead atoms. The quantitative estimate of drug-likeness (QED) is 0.785. The zero-order chi connectivity index (χ0) is 13.0. The molecule has 0 saturated carbocycles. The maximum atomic E-state index is 8.61. The number of aromatic nitrogens is 2. The molecule has 1 heterocycles. The van der Waals surface area contributed by atoms with Crippen LogP contribution in [0.25, 0.3) is 11.0 Å². The number of anilines is 1. The van der Waals surface area contributed by atoms with Gasteiger partial charge >= 0.3 is 0 Å². The highest BCUT2D eigenvalue weighted by Gasteiger charge is 2.07. The van der Waals surface area contributed by atoms with E-state index in [0.717, 1.165) is 42.2 Å². The van der Waals surface area contributed by atoms with Crippen LogP contribution in [0.1, 0.15) is 19.2 Å². The second kappa shape index (κ2) is 5.52. The molecule has 1 aromatic carbocycles. The van der Waals surface area contributed by atoms with Crippen molar-refractivity contribution in [1.29, 1.82) is 5.26 Å². The van der Waals surface area contributed by atoms with Crippen LogP contribution in [-0.2, 0) is 6.54 Å². The van der Waals surface area contributed by atoms with Gasteiger partial charge in [-0.2, -0.15) is 5.26 Å². The van der Waals surface area contributed by atoms with Crippen molar-refractivity contribution in [3.05, 3.63) is 24.0 Å². The molecule has 94 valence electrons. The van der Waals surface area contributed by atoms with E-state index >= 15 is 0 Å². The third-order valence-corrected chi connectivity index (χ3v) is 2.92. The van der Waals surface area contributed by atoms with Gasteiger partial charge in [-0.25, -0.2) is 4.98 Å². The summed E-state index contributed by atoms with van der Waals surface area (Å²) in [6, 6.07) is 7.81. The lowest BCUT2D eigenvalue weighted by Crippen LogP contribution is -2.24. The second-order valence-electron chi connectivity index (χ2n) is 4.24. The number of benzene rings is 1. The molecule has 0 fully saturated rings. The summed E-state index contributed by atoms with van der Waals surface area (Å²) in [5.41, 5.74) is 8.35. The van der Waals surface area contributed by atoms with Gasteiger partial charge in [0.1, 0.15) is 5.82 Å². The Morgan fingerprint density at radius 1 is 1.50 bits per heavy atom. The van der Waals surface area contributed by atoms with Crippen molar-refractivity contribution in [2.24, 2.45) is 0 Å². The molecule has 0 atom stereocenters. The second-order valence-corrected chi connectivity index (χ2v) is 4.24.